The summed E-state index contributed by atoms with van der Waals surface area (Å²) in [5.74, 6) is 1.14. The lowest BCUT2D eigenvalue weighted by Crippen LogP contribution is -2.58. The van der Waals surface area contributed by atoms with E-state index in [0.29, 0.717) is 11.9 Å². The average Bonchev–Trinajstić information content (AvgIpc) is 2.54. The van der Waals surface area contributed by atoms with Crippen molar-refractivity contribution < 1.29 is 4.79 Å². The topological polar surface area (TPSA) is 26.8 Å². The number of rotatable bonds is 4. The summed E-state index contributed by atoms with van der Waals surface area (Å²) < 4.78 is 0. The predicted molar refractivity (Wildman–Crippen MR) is 89.8 cm³/mol. The fourth-order valence-electron chi connectivity index (χ4n) is 4.69. The molecule has 3 saturated heterocycles. The SMILES string of the molecule is CCCCN1C(=O)CC[C@@H]2CN(C3CCN(C)CC3)CC[C@@H]21. The number of amides is 1. The zero-order chi connectivity index (χ0) is 15.5. The molecule has 0 radical (unpaired) electrons. The Bertz CT molecular complexity index is 379. The van der Waals surface area contributed by atoms with Crippen LogP contribution in [0.3, 0.4) is 0 Å². The second kappa shape index (κ2) is 7.31. The lowest BCUT2D eigenvalue weighted by atomic mass is 9.82. The third kappa shape index (κ3) is 3.48. The third-order valence-electron chi connectivity index (χ3n) is 6.13. The van der Waals surface area contributed by atoms with Gasteiger partial charge in [0.2, 0.25) is 5.91 Å². The van der Waals surface area contributed by atoms with Gasteiger partial charge in [0.25, 0.3) is 0 Å². The molecule has 1 amide bonds. The van der Waals surface area contributed by atoms with E-state index in [1.54, 1.807) is 0 Å². The molecular weight excluding hydrogens is 274 g/mol. The number of carbonyl (C=O) groups is 1. The molecule has 3 aliphatic heterocycles. The first kappa shape index (κ1) is 16.3. The molecule has 3 aliphatic rings. The van der Waals surface area contributed by atoms with Gasteiger partial charge in [0.05, 0.1) is 0 Å². The van der Waals surface area contributed by atoms with E-state index >= 15 is 0 Å². The number of likely N-dealkylation sites (tertiary alicyclic amines) is 3. The first-order valence-corrected chi connectivity index (χ1v) is 9.41. The van der Waals surface area contributed by atoms with Crippen molar-refractivity contribution in [1.29, 1.82) is 0 Å². The average molecular weight is 307 g/mol. The summed E-state index contributed by atoms with van der Waals surface area (Å²) in [7, 11) is 2.24. The van der Waals surface area contributed by atoms with E-state index in [2.05, 4.69) is 28.7 Å². The van der Waals surface area contributed by atoms with Crippen LogP contribution in [0.25, 0.3) is 0 Å². The molecule has 2 atom stereocenters. The highest BCUT2D eigenvalue weighted by Crippen LogP contribution is 2.33. The predicted octanol–water partition coefficient (Wildman–Crippen LogP) is 2.19. The number of piperidine rings is 3. The van der Waals surface area contributed by atoms with Crippen LogP contribution in [0.5, 0.6) is 0 Å². The highest BCUT2D eigenvalue weighted by molar-refractivity contribution is 5.77. The van der Waals surface area contributed by atoms with Crippen LogP contribution in [0.4, 0.5) is 0 Å². The first-order chi connectivity index (χ1) is 10.7. The van der Waals surface area contributed by atoms with Gasteiger partial charge in [-0.25, -0.2) is 0 Å². The van der Waals surface area contributed by atoms with Crippen molar-refractivity contribution in [2.75, 3.05) is 39.8 Å². The van der Waals surface area contributed by atoms with Gasteiger partial charge in [0.1, 0.15) is 0 Å². The van der Waals surface area contributed by atoms with Crippen LogP contribution < -0.4 is 0 Å². The maximum atomic E-state index is 12.3. The van der Waals surface area contributed by atoms with E-state index in [-0.39, 0.29) is 0 Å². The minimum Gasteiger partial charge on any atom is -0.339 e. The van der Waals surface area contributed by atoms with E-state index in [4.69, 9.17) is 0 Å². The standard InChI is InChI=1S/C18H33N3O/c1-3-4-10-21-17-9-13-20(14-15(17)5-6-18(21)22)16-7-11-19(2)12-8-16/h15-17H,3-14H2,1-2H3/t15-,17+/m1/s1. The Hall–Kier alpha value is -0.610. The minimum atomic E-state index is 0.419. The molecule has 4 nitrogen and oxygen atoms in total. The molecule has 0 N–H and O–H groups in total. The third-order valence-corrected chi connectivity index (χ3v) is 6.13. The summed E-state index contributed by atoms with van der Waals surface area (Å²) in [6, 6.07) is 1.33. The molecule has 4 heteroatoms. The molecule has 0 aliphatic carbocycles. The maximum absolute atomic E-state index is 12.3. The van der Waals surface area contributed by atoms with Crippen LogP contribution in [0.15, 0.2) is 0 Å². The van der Waals surface area contributed by atoms with Crippen LogP contribution in [-0.4, -0.2) is 72.5 Å². The van der Waals surface area contributed by atoms with E-state index < -0.39 is 0 Å². The van der Waals surface area contributed by atoms with E-state index in [9.17, 15) is 4.79 Å². The molecule has 0 saturated carbocycles. The van der Waals surface area contributed by atoms with Crippen LogP contribution >= 0.6 is 0 Å². The van der Waals surface area contributed by atoms with Crippen LogP contribution in [0.1, 0.15) is 51.9 Å². The number of fused-ring (bicyclic) bond motifs is 1. The normalized spacial score (nSPS) is 32.3. The fourth-order valence-corrected chi connectivity index (χ4v) is 4.69. The van der Waals surface area contributed by atoms with Gasteiger partial charge in [0.15, 0.2) is 0 Å². The van der Waals surface area contributed by atoms with Gasteiger partial charge < -0.3 is 9.80 Å². The summed E-state index contributed by atoms with van der Waals surface area (Å²) in [5.41, 5.74) is 0. The molecule has 0 bridgehead atoms. The number of nitrogens with zero attached hydrogens (tertiary/aromatic N) is 3. The molecule has 0 unspecified atom stereocenters. The van der Waals surface area contributed by atoms with Crippen molar-refractivity contribution in [3.05, 3.63) is 0 Å². The number of hydrogen-bond acceptors (Lipinski definition) is 3. The Morgan fingerprint density at radius 3 is 2.59 bits per heavy atom. The molecule has 3 heterocycles. The van der Waals surface area contributed by atoms with Gasteiger partial charge in [-0.05, 0) is 58.2 Å². The van der Waals surface area contributed by atoms with Crippen molar-refractivity contribution in [3.63, 3.8) is 0 Å². The van der Waals surface area contributed by atoms with Crippen LogP contribution in [0.2, 0.25) is 0 Å². The molecule has 3 rings (SSSR count). The highest BCUT2D eigenvalue weighted by atomic mass is 16.2. The molecule has 3 fully saturated rings. The quantitative estimate of drug-likeness (QED) is 0.796. The lowest BCUT2D eigenvalue weighted by molar-refractivity contribution is -0.141. The molecule has 0 aromatic carbocycles. The van der Waals surface area contributed by atoms with Gasteiger partial charge in [-0.3, -0.25) is 9.69 Å². The molecule has 0 aromatic rings. The summed E-state index contributed by atoms with van der Waals surface area (Å²) in [6.45, 7) is 8.13. The minimum absolute atomic E-state index is 0.419. The number of unbranched alkanes of at least 4 members (excludes halogenated alkanes) is 1. The van der Waals surface area contributed by atoms with Crippen molar-refractivity contribution in [2.24, 2.45) is 5.92 Å². The van der Waals surface area contributed by atoms with Gasteiger partial charge >= 0.3 is 0 Å². The summed E-state index contributed by atoms with van der Waals surface area (Å²) in [5, 5.41) is 0. The maximum Gasteiger partial charge on any atom is 0.222 e. The van der Waals surface area contributed by atoms with E-state index in [0.717, 1.165) is 37.8 Å². The number of hydrogen-bond donors (Lipinski definition) is 0. The second-order valence-electron chi connectivity index (χ2n) is 7.62. The largest absolute Gasteiger partial charge is 0.339 e. The van der Waals surface area contributed by atoms with E-state index in [1.165, 1.54) is 51.9 Å². The zero-order valence-corrected chi connectivity index (χ0v) is 14.5. The highest BCUT2D eigenvalue weighted by Gasteiger charge is 2.40. The molecule has 0 aromatic heterocycles. The Labute approximate surface area is 135 Å². The molecule has 126 valence electrons. The molecule has 22 heavy (non-hydrogen) atoms. The fraction of sp³-hybridized carbons (Fsp3) is 0.944. The Morgan fingerprint density at radius 2 is 1.86 bits per heavy atom. The first-order valence-electron chi connectivity index (χ1n) is 9.41. The Morgan fingerprint density at radius 1 is 1.09 bits per heavy atom. The monoisotopic (exact) mass is 307 g/mol. The molecular formula is C18H33N3O. The number of carbonyl (C=O) groups excluding carboxylic acids is 1. The second-order valence-corrected chi connectivity index (χ2v) is 7.62. The van der Waals surface area contributed by atoms with Gasteiger partial charge in [-0.15, -0.1) is 0 Å². The smallest absolute Gasteiger partial charge is 0.222 e. The van der Waals surface area contributed by atoms with Gasteiger partial charge in [-0.1, -0.05) is 13.3 Å². The van der Waals surface area contributed by atoms with Crippen molar-refractivity contribution in [2.45, 2.75) is 64.0 Å². The summed E-state index contributed by atoms with van der Waals surface area (Å²) in [6.07, 6.45) is 8.10. The van der Waals surface area contributed by atoms with Crippen LogP contribution in [-0.2, 0) is 4.79 Å². The molecule has 0 spiro atoms. The lowest BCUT2D eigenvalue weighted by Gasteiger charge is -2.49. The zero-order valence-electron chi connectivity index (χ0n) is 14.5. The Balaban J connectivity index is 1.58. The summed E-state index contributed by atoms with van der Waals surface area (Å²) >= 11 is 0. The Kier molecular flexibility index (Phi) is 5.40. The van der Waals surface area contributed by atoms with E-state index in [1.807, 2.05) is 0 Å². The van der Waals surface area contributed by atoms with Gasteiger partial charge in [0, 0.05) is 38.1 Å². The summed E-state index contributed by atoms with van der Waals surface area (Å²) in [4.78, 5) is 19.7. The van der Waals surface area contributed by atoms with Gasteiger partial charge in [-0.2, -0.15) is 0 Å². The van der Waals surface area contributed by atoms with Crippen LogP contribution in [0, 0.1) is 5.92 Å². The van der Waals surface area contributed by atoms with Crippen molar-refractivity contribution in [3.8, 4) is 0 Å². The van der Waals surface area contributed by atoms with Crippen molar-refractivity contribution >= 4 is 5.91 Å². The van der Waals surface area contributed by atoms with Crippen molar-refractivity contribution in [1.82, 2.24) is 14.7 Å².